The van der Waals surface area contributed by atoms with Crippen molar-refractivity contribution in [2.75, 3.05) is 6.54 Å². The van der Waals surface area contributed by atoms with Gasteiger partial charge in [0.25, 0.3) is 0 Å². The van der Waals surface area contributed by atoms with Gasteiger partial charge in [0.1, 0.15) is 0 Å². The highest BCUT2D eigenvalue weighted by molar-refractivity contribution is 9.10. The maximum Gasteiger partial charge on any atom is 0.416 e. The highest BCUT2D eigenvalue weighted by Crippen LogP contribution is 2.40. The van der Waals surface area contributed by atoms with Crippen LogP contribution in [0.15, 0.2) is 53.0 Å². The second kappa shape index (κ2) is 8.97. The number of halogens is 4. The molecular weight excluding hydrogens is 431 g/mol. The molecule has 1 saturated carbocycles. The molecule has 0 aliphatic heterocycles. The summed E-state index contributed by atoms with van der Waals surface area (Å²) in [6, 6.07) is 13.2. The van der Waals surface area contributed by atoms with Crippen LogP contribution in [-0.2, 0) is 12.7 Å². The summed E-state index contributed by atoms with van der Waals surface area (Å²) in [5.74, 6) is -0.0697. The molecule has 1 atom stereocenters. The van der Waals surface area contributed by atoms with Crippen LogP contribution in [-0.4, -0.2) is 17.3 Å². The molecule has 6 heteroatoms. The molecule has 0 saturated heterocycles. The Labute approximate surface area is 172 Å². The van der Waals surface area contributed by atoms with E-state index in [9.17, 15) is 18.3 Å². The minimum Gasteiger partial charge on any atom is -0.389 e. The SMILES string of the molecule is OC1(C(CNCc2ccc(C(F)(F)F)cc2)c2cccc(Br)c2)CCCCC1. The van der Waals surface area contributed by atoms with Gasteiger partial charge in [-0.25, -0.2) is 0 Å². The molecule has 2 aromatic carbocycles. The minimum atomic E-state index is -4.32. The van der Waals surface area contributed by atoms with Gasteiger partial charge in [-0.15, -0.1) is 0 Å². The molecule has 1 aliphatic rings. The molecule has 3 rings (SSSR count). The fraction of sp³-hybridized carbons (Fsp3) is 0.455. The van der Waals surface area contributed by atoms with E-state index >= 15 is 0 Å². The van der Waals surface area contributed by atoms with E-state index in [4.69, 9.17) is 0 Å². The Bertz CT molecular complexity index is 770. The van der Waals surface area contributed by atoms with Gasteiger partial charge in [0.05, 0.1) is 11.2 Å². The topological polar surface area (TPSA) is 32.3 Å². The summed E-state index contributed by atoms with van der Waals surface area (Å²) >= 11 is 3.51. The van der Waals surface area contributed by atoms with Crippen molar-refractivity contribution in [2.24, 2.45) is 0 Å². The zero-order valence-corrected chi connectivity index (χ0v) is 17.2. The van der Waals surface area contributed by atoms with Gasteiger partial charge in [-0.3, -0.25) is 0 Å². The average molecular weight is 456 g/mol. The average Bonchev–Trinajstić information content (AvgIpc) is 2.65. The Kier molecular flexibility index (Phi) is 6.84. The van der Waals surface area contributed by atoms with Crippen LogP contribution >= 0.6 is 15.9 Å². The van der Waals surface area contributed by atoms with E-state index in [0.717, 1.165) is 59.8 Å². The largest absolute Gasteiger partial charge is 0.416 e. The standard InChI is InChI=1S/C22H25BrF3NO/c23-19-6-4-5-17(13-19)20(21(28)11-2-1-3-12-21)15-27-14-16-7-9-18(10-8-16)22(24,25)26/h4-10,13,20,27-28H,1-3,11-12,14-15H2. The predicted molar refractivity (Wildman–Crippen MR) is 108 cm³/mol. The Morgan fingerprint density at radius 1 is 1.04 bits per heavy atom. The van der Waals surface area contributed by atoms with E-state index in [-0.39, 0.29) is 5.92 Å². The Balaban J connectivity index is 1.70. The number of benzene rings is 2. The van der Waals surface area contributed by atoms with Gasteiger partial charge in [0.2, 0.25) is 0 Å². The van der Waals surface area contributed by atoms with Gasteiger partial charge in [-0.05, 0) is 48.2 Å². The summed E-state index contributed by atoms with van der Waals surface area (Å²) in [5.41, 5.74) is 0.460. The van der Waals surface area contributed by atoms with Crippen LogP contribution in [0.25, 0.3) is 0 Å². The number of rotatable bonds is 6. The van der Waals surface area contributed by atoms with Crippen molar-refractivity contribution < 1.29 is 18.3 Å². The Hall–Kier alpha value is -1.37. The monoisotopic (exact) mass is 455 g/mol. The Morgan fingerprint density at radius 3 is 2.32 bits per heavy atom. The molecule has 0 radical (unpaired) electrons. The third kappa shape index (κ3) is 5.37. The van der Waals surface area contributed by atoms with Gasteiger partial charge in [-0.2, -0.15) is 13.2 Å². The minimum absolute atomic E-state index is 0.0697. The van der Waals surface area contributed by atoms with Crippen molar-refractivity contribution in [2.45, 2.75) is 56.3 Å². The number of hydrogen-bond donors (Lipinski definition) is 2. The van der Waals surface area contributed by atoms with Crippen molar-refractivity contribution >= 4 is 15.9 Å². The molecule has 0 heterocycles. The van der Waals surface area contributed by atoms with E-state index in [1.54, 1.807) is 0 Å². The highest BCUT2D eigenvalue weighted by atomic mass is 79.9. The smallest absolute Gasteiger partial charge is 0.389 e. The summed E-state index contributed by atoms with van der Waals surface area (Å²) in [5, 5.41) is 14.7. The van der Waals surface area contributed by atoms with E-state index in [1.807, 2.05) is 24.3 Å². The van der Waals surface area contributed by atoms with E-state index in [0.29, 0.717) is 13.1 Å². The van der Waals surface area contributed by atoms with Crippen LogP contribution in [0.5, 0.6) is 0 Å². The lowest BCUT2D eigenvalue weighted by molar-refractivity contribution is -0.137. The van der Waals surface area contributed by atoms with Crippen LogP contribution in [0, 0.1) is 0 Å². The second-order valence-corrected chi connectivity index (χ2v) is 8.51. The fourth-order valence-corrected chi connectivity index (χ4v) is 4.44. The van der Waals surface area contributed by atoms with Crippen LogP contribution in [0.4, 0.5) is 13.2 Å². The van der Waals surface area contributed by atoms with Crippen LogP contribution in [0.1, 0.15) is 54.7 Å². The van der Waals surface area contributed by atoms with E-state index < -0.39 is 17.3 Å². The first-order valence-electron chi connectivity index (χ1n) is 9.63. The van der Waals surface area contributed by atoms with Crippen LogP contribution < -0.4 is 5.32 Å². The maximum absolute atomic E-state index is 12.7. The zero-order valence-electron chi connectivity index (χ0n) is 15.6. The molecule has 0 aromatic heterocycles. The van der Waals surface area contributed by atoms with Gasteiger partial charge in [0.15, 0.2) is 0 Å². The van der Waals surface area contributed by atoms with Crippen molar-refractivity contribution in [3.63, 3.8) is 0 Å². The normalized spacial score (nSPS) is 18.0. The lowest BCUT2D eigenvalue weighted by atomic mass is 9.72. The van der Waals surface area contributed by atoms with Crippen molar-refractivity contribution in [1.82, 2.24) is 5.32 Å². The summed E-state index contributed by atoms with van der Waals surface area (Å²) < 4.78 is 39.1. The van der Waals surface area contributed by atoms with E-state index in [1.165, 1.54) is 12.1 Å². The molecule has 2 N–H and O–H groups in total. The molecule has 1 aliphatic carbocycles. The fourth-order valence-electron chi connectivity index (χ4n) is 4.03. The molecule has 2 aromatic rings. The first-order chi connectivity index (χ1) is 13.3. The lowest BCUT2D eigenvalue weighted by Gasteiger charge is -2.40. The summed E-state index contributed by atoms with van der Waals surface area (Å²) in [6.45, 7) is 1.02. The number of alkyl halides is 3. The molecule has 1 unspecified atom stereocenters. The van der Waals surface area contributed by atoms with Gasteiger partial charge in [0, 0.05) is 23.5 Å². The highest BCUT2D eigenvalue weighted by Gasteiger charge is 2.38. The van der Waals surface area contributed by atoms with Gasteiger partial charge in [-0.1, -0.05) is 59.5 Å². The molecule has 28 heavy (non-hydrogen) atoms. The molecule has 0 spiro atoms. The number of hydrogen-bond acceptors (Lipinski definition) is 2. The number of nitrogens with one attached hydrogen (secondary N) is 1. The molecule has 1 fully saturated rings. The quantitative estimate of drug-likeness (QED) is 0.556. The van der Waals surface area contributed by atoms with Crippen molar-refractivity contribution in [3.05, 3.63) is 69.7 Å². The third-order valence-electron chi connectivity index (χ3n) is 5.58. The van der Waals surface area contributed by atoms with Gasteiger partial charge < -0.3 is 10.4 Å². The third-order valence-corrected chi connectivity index (χ3v) is 6.07. The molecule has 0 amide bonds. The van der Waals surface area contributed by atoms with Crippen LogP contribution in [0.3, 0.4) is 0 Å². The Morgan fingerprint density at radius 2 is 1.71 bits per heavy atom. The summed E-state index contributed by atoms with van der Waals surface area (Å²) in [7, 11) is 0. The van der Waals surface area contributed by atoms with E-state index in [2.05, 4.69) is 21.2 Å². The molecular formula is C22H25BrF3NO. The van der Waals surface area contributed by atoms with Crippen molar-refractivity contribution in [3.8, 4) is 0 Å². The molecule has 2 nitrogen and oxygen atoms in total. The van der Waals surface area contributed by atoms with Gasteiger partial charge >= 0.3 is 6.18 Å². The summed E-state index contributed by atoms with van der Waals surface area (Å²) in [6.07, 6.45) is 0.395. The van der Waals surface area contributed by atoms with Crippen LogP contribution in [0.2, 0.25) is 0 Å². The molecule has 152 valence electrons. The lowest BCUT2D eigenvalue weighted by Crippen LogP contribution is -2.43. The van der Waals surface area contributed by atoms with Crippen molar-refractivity contribution in [1.29, 1.82) is 0 Å². The predicted octanol–water partition coefficient (Wildman–Crippen LogP) is 6.04. The molecule has 0 bridgehead atoms. The number of aliphatic hydroxyl groups is 1. The maximum atomic E-state index is 12.7. The first-order valence-corrected chi connectivity index (χ1v) is 10.4. The zero-order chi connectivity index (χ0) is 20.2. The second-order valence-electron chi connectivity index (χ2n) is 7.60. The first kappa shape index (κ1) is 21.3. The summed E-state index contributed by atoms with van der Waals surface area (Å²) in [4.78, 5) is 0.